The fourth-order valence-corrected chi connectivity index (χ4v) is 2.25. The van der Waals surface area contributed by atoms with Gasteiger partial charge in [0.15, 0.2) is 10.6 Å². The third kappa shape index (κ3) is 3.31. The Kier molecular flexibility index (Phi) is 3.94. The fourth-order valence-electron chi connectivity index (χ4n) is 1.23. The zero-order chi connectivity index (χ0) is 13.2. The molecule has 6 nitrogen and oxygen atoms in total. The van der Waals surface area contributed by atoms with Crippen molar-refractivity contribution in [2.75, 3.05) is 0 Å². The Labute approximate surface area is 103 Å². The monoisotopic (exact) mass is 279 g/mol. The number of nitrogens with zero attached hydrogens (tertiary/aromatic N) is 1. The zero-order valence-electron chi connectivity index (χ0n) is 9.08. The average molecular weight is 280 g/mol. The summed E-state index contributed by atoms with van der Waals surface area (Å²) in [5.41, 5.74) is -0.642. The molecule has 0 amide bonds. The molecule has 17 heavy (non-hydrogen) atoms. The van der Waals surface area contributed by atoms with Crippen LogP contribution in [0, 0.1) is 10.1 Å². The minimum atomic E-state index is -4.19. The SMILES string of the molecule is CC(C)Oc1cccc(S(=O)(=O)Cl)c1[N+](=O)[O-]. The molecule has 0 aliphatic carbocycles. The Balaban J connectivity index is 3.49. The van der Waals surface area contributed by atoms with Crippen LogP contribution in [0.3, 0.4) is 0 Å². The molecule has 0 atom stereocenters. The predicted molar refractivity (Wildman–Crippen MR) is 61.9 cm³/mol. The van der Waals surface area contributed by atoms with Crippen molar-refractivity contribution in [3.8, 4) is 5.75 Å². The fraction of sp³-hybridized carbons (Fsp3) is 0.333. The maximum Gasteiger partial charge on any atom is 0.330 e. The van der Waals surface area contributed by atoms with Gasteiger partial charge >= 0.3 is 5.69 Å². The van der Waals surface area contributed by atoms with Crippen molar-refractivity contribution < 1.29 is 18.1 Å². The van der Waals surface area contributed by atoms with E-state index in [1.165, 1.54) is 12.1 Å². The molecule has 0 unspecified atom stereocenters. The van der Waals surface area contributed by atoms with E-state index in [0.717, 1.165) is 6.07 Å². The van der Waals surface area contributed by atoms with Crippen molar-refractivity contribution in [3.63, 3.8) is 0 Å². The van der Waals surface area contributed by atoms with Gasteiger partial charge in [-0.3, -0.25) is 10.1 Å². The Morgan fingerprint density at radius 1 is 1.41 bits per heavy atom. The quantitative estimate of drug-likeness (QED) is 0.479. The van der Waals surface area contributed by atoms with Crippen LogP contribution in [0.25, 0.3) is 0 Å². The second-order valence-corrected chi connectivity index (χ2v) is 6.00. The number of benzene rings is 1. The first-order valence-electron chi connectivity index (χ1n) is 4.62. The van der Waals surface area contributed by atoms with Gasteiger partial charge in [0, 0.05) is 10.7 Å². The number of hydrogen-bond acceptors (Lipinski definition) is 5. The first-order valence-corrected chi connectivity index (χ1v) is 6.93. The van der Waals surface area contributed by atoms with Crippen molar-refractivity contribution in [2.45, 2.75) is 24.8 Å². The summed E-state index contributed by atoms with van der Waals surface area (Å²) >= 11 is 0. The van der Waals surface area contributed by atoms with E-state index in [1.54, 1.807) is 13.8 Å². The summed E-state index contributed by atoms with van der Waals surface area (Å²) in [4.78, 5) is 9.48. The molecule has 94 valence electrons. The molecule has 0 saturated heterocycles. The molecule has 0 N–H and O–H groups in total. The Morgan fingerprint density at radius 2 is 2.00 bits per heavy atom. The smallest absolute Gasteiger partial charge is 0.330 e. The van der Waals surface area contributed by atoms with E-state index in [9.17, 15) is 18.5 Å². The number of para-hydroxylation sites is 1. The standard InChI is InChI=1S/C9H10ClNO5S/c1-6(2)16-7-4-3-5-8(17(10,14)15)9(7)11(12)13/h3-6H,1-2H3. The van der Waals surface area contributed by atoms with E-state index >= 15 is 0 Å². The van der Waals surface area contributed by atoms with Gasteiger partial charge in [-0.15, -0.1) is 0 Å². The largest absolute Gasteiger partial charge is 0.484 e. The van der Waals surface area contributed by atoms with Crippen LogP contribution >= 0.6 is 10.7 Å². The van der Waals surface area contributed by atoms with Gasteiger partial charge in [0.2, 0.25) is 0 Å². The van der Waals surface area contributed by atoms with Crippen LogP contribution in [0.2, 0.25) is 0 Å². The minimum Gasteiger partial charge on any atom is -0.484 e. The van der Waals surface area contributed by atoms with E-state index in [4.69, 9.17) is 15.4 Å². The highest BCUT2D eigenvalue weighted by molar-refractivity contribution is 8.13. The lowest BCUT2D eigenvalue weighted by atomic mass is 10.3. The van der Waals surface area contributed by atoms with E-state index in [0.29, 0.717) is 0 Å². The molecule has 0 aliphatic rings. The van der Waals surface area contributed by atoms with E-state index in [1.807, 2.05) is 0 Å². The highest BCUT2D eigenvalue weighted by Crippen LogP contribution is 2.35. The van der Waals surface area contributed by atoms with Crippen molar-refractivity contribution in [1.29, 1.82) is 0 Å². The molecule has 0 aliphatic heterocycles. The average Bonchev–Trinajstić information content (AvgIpc) is 2.14. The van der Waals surface area contributed by atoms with Crippen molar-refractivity contribution in [2.24, 2.45) is 0 Å². The molecule has 0 radical (unpaired) electrons. The Bertz CT molecular complexity index is 540. The predicted octanol–water partition coefficient (Wildman–Crippen LogP) is 2.31. The van der Waals surface area contributed by atoms with Crippen molar-refractivity contribution in [1.82, 2.24) is 0 Å². The Hall–Kier alpha value is -1.34. The number of nitro benzene ring substituents is 1. The first-order chi connectivity index (χ1) is 7.73. The minimum absolute atomic E-state index is 0.119. The second-order valence-electron chi connectivity index (χ2n) is 3.46. The van der Waals surface area contributed by atoms with Gasteiger partial charge in [0.1, 0.15) is 0 Å². The van der Waals surface area contributed by atoms with Gasteiger partial charge in [-0.2, -0.15) is 0 Å². The lowest BCUT2D eigenvalue weighted by molar-refractivity contribution is -0.389. The molecule has 1 aromatic carbocycles. The van der Waals surface area contributed by atoms with Crippen molar-refractivity contribution in [3.05, 3.63) is 28.3 Å². The van der Waals surface area contributed by atoms with Crippen molar-refractivity contribution >= 4 is 25.4 Å². The maximum absolute atomic E-state index is 11.2. The molecular formula is C9H10ClNO5S. The molecule has 0 aromatic heterocycles. The van der Waals surface area contributed by atoms with Crippen LogP contribution in [0.1, 0.15) is 13.8 Å². The molecular weight excluding hydrogens is 270 g/mol. The molecule has 0 saturated carbocycles. The van der Waals surface area contributed by atoms with Gasteiger partial charge in [0.25, 0.3) is 9.05 Å². The topological polar surface area (TPSA) is 86.5 Å². The van der Waals surface area contributed by atoms with Gasteiger partial charge < -0.3 is 4.74 Å². The first kappa shape index (κ1) is 13.7. The zero-order valence-corrected chi connectivity index (χ0v) is 10.7. The second kappa shape index (κ2) is 4.89. The van der Waals surface area contributed by atoms with Gasteiger partial charge in [0.05, 0.1) is 11.0 Å². The number of halogens is 1. The molecule has 0 bridgehead atoms. The van der Waals surface area contributed by atoms with Crippen LogP contribution in [0.5, 0.6) is 5.75 Å². The number of rotatable bonds is 4. The summed E-state index contributed by atoms with van der Waals surface area (Å²) < 4.78 is 27.6. The number of ether oxygens (including phenoxy) is 1. The van der Waals surface area contributed by atoms with Gasteiger partial charge in [-0.25, -0.2) is 8.42 Å². The summed E-state index contributed by atoms with van der Waals surface area (Å²) in [5.74, 6) is -0.119. The summed E-state index contributed by atoms with van der Waals surface area (Å²) in [5, 5.41) is 10.9. The van der Waals surface area contributed by atoms with Crippen LogP contribution in [-0.2, 0) is 9.05 Å². The summed E-state index contributed by atoms with van der Waals surface area (Å²) in [6.07, 6.45) is -0.318. The highest BCUT2D eigenvalue weighted by atomic mass is 35.7. The third-order valence-electron chi connectivity index (χ3n) is 1.77. The van der Waals surface area contributed by atoms with Crippen LogP contribution in [0.15, 0.2) is 23.1 Å². The van der Waals surface area contributed by atoms with Crippen LogP contribution < -0.4 is 4.74 Å². The summed E-state index contributed by atoms with van der Waals surface area (Å²) in [6, 6.07) is 3.72. The Morgan fingerprint density at radius 3 is 2.41 bits per heavy atom. The molecule has 1 rings (SSSR count). The van der Waals surface area contributed by atoms with Gasteiger partial charge in [-0.1, -0.05) is 6.07 Å². The number of hydrogen-bond donors (Lipinski definition) is 0. The lowest BCUT2D eigenvalue weighted by Crippen LogP contribution is -2.09. The molecule has 0 fully saturated rings. The normalized spacial score (nSPS) is 11.5. The molecule has 0 heterocycles. The number of nitro groups is 1. The molecule has 1 aromatic rings. The maximum atomic E-state index is 11.2. The lowest BCUT2D eigenvalue weighted by Gasteiger charge is -2.10. The summed E-state index contributed by atoms with van der Waals surface area (Å²) in [7, 11) is 0.942. The highest BCUT2D eigenvalue weighted by Gasteiger charge is 2.28. The van der Waals surface area contributed by atoms with E-state index in [2.05, 4.69) is 0 Å². The summed E-state index contributed by atoms with van der Waals surface area (Å²) in [6.45, 7) is 3.34. The molecule has 8 heteroatoms. The van der Waals surface area contributed by atoms with E-state index in [-0.39, 0.29) is 11.9 Å². The van der Waals surface area contributed by atoms with Gasteiger partial charge in [-0.05, 0) is 26.0 Å². The van der Waals surface area contributed by atoms with Crippen LogP contribution in [0.4, 0.5) is 5.69 Å². The molecule has 0 spiro atoms. The van der Waals surface area contributed by atoms with E-state index < -0.39 is 24.6 Å². The van der Waals surface area contributed by atoms with Crippen LogP contribution in [-0.4, -0.2) is 19.4 Å². The third-order valence-corrected chi connectivity index (χ3v) is 3.12.